The Morgan fingerprint density at radius 1 is 1.38 bits per heavy atom. The highest BCUT2D eigenvalue weighted by atomic mass is 16.6. The molecule has 0 bridgehead atoms. The molecule has 3 atom stereocenters. The second kappa shape index (κ2) is 6.55. The van der Waals surface area contributed by atoms with Gasteiger partial charge in [-0.1, -0.05) is 12.2 Å². The highest BCUT2D eigenvalue weighted by Gasteiger charge is 2.45. The minimum Gasteiger partial charge on any atom is -0.469 e. The van der Waals surface area contributed by atoms with E-state index < -0.39 is 40.6 Å². The van der Waals surface area contributed by atoms with E-state index in [-0.39, 0.29) is 6.42 Å². The zero-order valence-electron chi connectivity index (χ0n) is 12.5. The largest absolute Gasteiger partial charge is 0.469 e. The van der Waals surface area contributed by atoms with Crippen molar-refractivity contribution in [3.8, 4) is 0 Å². The Labute approximate surface area is 122 Å². The molecule has 1 aliphatic carbocycles. The maximum atomic E-state index is 11.7. The molecule has 118 valence electrons. The van der Waals surface area contributed by atoms with Crippen LogP contribution in [0, 0.1) is 16.0 Å². The molecule has 0 aromatic heterocycles. The number of hydrogen-bond donors (Lipinski definition) is 1. The third-order valence-electron chi connectivity index (χ3n) is 2.94. The number of rotatable bonds is 3. The van der Waals surface area contributed by atoms with Crippen LogP contribution in [-0.4, -0.2) is 41.8 Å². The predicted octanol–water partition coefficient (Wildman–Crippen LogP) is 1.27. The van der Waals surface area contributed by atoms with Gasteiger partial charge in [-0.25, -0.2) is 4.79 Å². The lowest BCUT2D eigenvalue weighted by Crippen LogP contribution is -2.53. The van der Waals surface area contributed by atoms with Crippen molar-refractivity contribution in [2.75, 3.05) is 7.11 Å². The Balaban J connectivity index is 2.86. The molecule has 8 heteroatoms. The number of amides is 1. The minimum atomic E-state index is -1.28. The first-order valence-corrected chi connectivity index (χ1v) is 6.53. The van der Waals surface area contributed by atoms with Crippen molar-refractivity contribution in [2.45, 2.75) is 44.9 Å². The smallest absolute Gasteiger partial charge is 0.408 e. The van der Waals surface area contributed by atoms with Gasteiger partial charge in [-0.15, -0.1) is 0 Å². The summed E-state index contributed by atoms with van der Waals surface area (Å²) < 4.78 is 9.65. The fraction of sp³-hybridized carbons (Fsp3) is 0.692. The Bertz CT molecular complexity index is 454. The molecule has 8 nitrogen and oxygen atoms in total. The Morgan fingerprint density at radius 2 is 2.00 bits per heavy atom. The summed E-state index contributed by atoms with van der Waals surface area (Å²) in [5.74, 6) is -1.60. The van der Waals surface area contributed by atoms with E-state index in [0.29, 0.717) is 0 Å². The monoisotopic (exact) mass is 300 g/mol. The quantitative estimate of drug-likeness (QED) is 0.364. The summed E-state index contributed by atoms with van der Waals surface area (Å²) in [4.78, 5) is 34.0. The summed E-state index contributed by atoms with van der Waals surface area (Å²) >= 11 is 0. The number of carbonyl (C=O) groups excluding carboxylic acids is 2. The molecule has 0 aliphatic heterocycles. The Kier molecular flexibility index (Phi) is 5.28. The van der Waals surface area contributed by atoms with Gasteiger partial charge in [-0.3, -0.25) is 14.9 Å². The first-order chi connectivity index (χ1) is 9.65. The molecule has 1 amide bonds. The normalized spacial score (nSPS) is 25.0. The van der Waals surface area contributed by atoms with Gasteiger partial charge in [-0.2, -0.15) is 0 Å². The van der Waals surface area contributed by atoms with Crippen LogP contribution in [0.15, 0.2) is 12.2 Å². The molecular weight excluding hydrogens is 280 g/mol. The highest BCUT2D eigenvalue weighted by molar-refractivity contribution is 5.74. The summed E-state index contributed by atoms with van der Waals surface area (Å²) in [5.41, 5.74) is -0.714. The zero-order chi connectivity index (χ0) is 16.2. The number of hydrogen-bond acceptors (Lipinski definition) is 6. The molecule has 1 N–H and O–H groups in total. The standard InChI is InChI=1S/C13H20N2O6/c1-13(2,3)21-12(17)14-9-7-5-6-8(11(16)20-4)10(9)15(18)19/h5,7-10H,6H2,1-4H3,(H,14,17)/t8-,9-,10+/m1/s1. The summed E-state index contributed by atoms with van der Waals surface area (Å²) in [5, 5.41) is 13.7. The van der Waals surface area contributed by atoms with Crippen LogP contribution in [0.1, 0.15) is 27.2 Å². The number of nitrogens with one attached hydrogen (secondary N) is 1. The molecule has 0 aromatic carbocycles. The molecule has 0 heterocycles. The van der Waals surface area contributed by atoms with Crippen LogP contribution in [0.25, 0.3) is 0 Å². The lowest BCUT2D eigenvalue weighted by molar-refractivity contribution is -0.532. The van der Waals surface area contributed by atoms with E-state index in [2.05, 4.69) is 10.1 Å². The molecule has 0 spiro atoms. The minimum absolute atomic E-state index is 0.199. The number of carbonyl (C=O) groups is 2. The average molecular weight is 300 g/mol. The van der Waals surface area contributed by atoms with Crippen LogP contribution in [0.5, 0.6) is 0 Å². The number of nitro groups is 1. The Morgan fingerprint density at radius 3 is 2.48 bits per heavy atom. The van der Waals surface area contributed by atoms with Gasteiger partial charge in [0.15, 0.2) is 0 Å². The van der Waals surface area contributed by atoms with Crippen LogP contribution < -0.4 is 5.32 Å². The van der Waals surface area contributed by atoms with Gasteiger partial charge in [0.1, 0.15) is 17.6 Å². The van der Waals surface area contributed by atoms with Gasteiger partial charge in [0.2, 0.25) is 6.04 Å². The molecule has 0 unspecified atom stereocenters. The van der Waals surface area contributed by atoms with Crippen molar-refractivity contribution in [3.63, 3.8) is 0 Å². The SMILES string of the molecule is COC(=O)[C@@H]1CC=C[C@@H](NC(=O)OC(C)(C)C)[C@H]1[N+](=O)[O-]. The van der Waals surface area contributed by atoms with Crippen molar-refractivity contribution in [1.82, 2.24) is 5.32 Å². The number of methoxy groups -OCH3 is 1. The van der Waals surface area contributed by atoms with Crippen LogP contribution in [-0.2, 0) is 14.3 Å². The third kappa shape index (κ3) is 4.73. The zero-order valence-corrected chi connectivity index (χ0v) is 12.5. The number of esters is 1. The second-order valence-corrected chi connectivity index (χ2v) is 5.74. The molecular formula is C13H20N2O6. The number of nitrogens with zero attached hydrogens (tertiary/aromatic N) is 1. The highest BCUT2D eigenvalue weighted by Crippen LogP contribution is 2.23. The molecule has 1 rings (SSSR count). The van der Waals surface area contributed by atoms with Gasteiger partial charge in [0, 0.05) is 4.92 Å². The van der Waals surface area contributed by atoms with E-state index in [1.165, 1.54) is 13.2 Å². The first-order valence-electron chi connectivity index (χ1n) is 6.53. The second-order valence-electron chi connectivity index (χ2n) is 5.74. The summed E-state index contributed by atoms with van der Waals surface area (Å²) in [7, 11) is 1.17. The number of alkyl carbamates (subject to hydrolysis) is 1. The lowest BCUT2D eigenvalue weighted by Gasteiger charge is -2.28. The first kappa shape index (κ1) is 16.9. The fourth-order valence-corrected chi connectivity index (χ4v) is 2.12. The van der Waals surface area contributed by atoms with Crippen LogP contribution in [0.4, 0.5) is 4.79 Å². The molecule has 0 fully saturated rings. The summed E-state index contributed by atoms with van der Waals surface area (Å²) in [6, 6.07) is -2.21. The molecule has 0 saturated carbocycles. The molecule has 0 aromatic rings. The van der Waals surface area contributed by atoms with E-state index in [4.69, 9.17) is 4.74 Å². The van der Waals surface area contributed by atoms with Gasteiger partial charge in [0.25, 0.3) is 0 Å². The topological polar surface area (TPSA) is 108 Å². The maximum absolute atomic E-state index is 11.7. The maximum Gasteiger partial charge on any atom is 0.408 e. The van der Waals surface area contributed by atoms with Gasteiger partial charge in [-0.05, 0) is 27.2 Å². The van der Waals surface area contributed by atoms with Crippen molar-refractivity contribution >= 4 is 12.1 Å². The van der Waals surface area contributed by atoms with E-state index in [9.17, 15) is 19.7 Å². The summed E-state index contributed by atoms with van der Waals surface area (Å²) in [6.07, 6.45) is 2.54. The van der Waals surface area contributed by atoms with E-state index in [0.717, 1.165) is 0 Å². The molecule has 1 aliphatic rings. The van der Waals surface area contributed by atoms with E-state index in [1.54, 1.807) is 26.8 Å². The Hall–Kier alpha value is -2.12. The van der Waals surface area contributed by atoms with Gasteiger partial charge >= 0.3 is 12.1 Å². The van der Waals surface area contributed by atoms with Crippen LogP contribution >= 0.6 is 0 Å². The number of allylic oxidation sites excluding steroid dienone is 1. The fourth-order valence-electron chi connectivity index (χ4n) is 2.12. The molecule has 0 saturated heterocycles. The predicted molar refractivity (Wildman–Crippen MR) is 73.2 cm³/mol. The average Bonchev–Trinajstić information content (AvgIpc) is 2.34. The summed E-state index contributed by atoms with van der Waals surface area (Å²) in [6.45, 7) is 5.06. The van der Waals surface area contributed by atoms with Crippen LogP contribution in [0.3, 0.4) is 0 Å². The van der Waals surface area contributed by atoms with Crippen molar-refractivity contribution < 1.29 is 24.0 Å². The van der Waals surface area contributed by atoms with Crippen molar-refractivity contribution in [2.24, 2.45) is 5.92 Å². The van der Waals surface area contributed by atoms with Crippen molar-refractivity contribution in [3.05, 3.63) is 22.3 Å². The molecule has 0 radical (unpaired) electrons. The third-order valence-corrected chi connectivity index (χ3v) is 2.94. The molecule has 21 heavy (non-hydrogen) atoms. The number of ether oxygens (including phenoxy) is 2. The van der Waals surface area contributed by atoms with Gasteiger partial charge in [0.05, 0.1) is 7.11 Å². The van der Waals surface area contributed by atoms with E-state index >= 15 is 0 Å². The van der Waals surface area contributed by atoms with Crippen molar-refractivity contribution in [1.29, 1.82) is 0 Å². The van der Waals surface area contributed by atoms with Crippen LogP contribution in [0.2, 0.25) is 0 Å². The van der Waals surface area contributed by atoms with E-state index in [1.807, 2.05) is 0 Å². The lowest BCUT2D eigenvalue weighted by atomic mass is 9.86. The van der Waals surface area contributed by atoms with Gasteiger partial charge < -0.3 is 14.8 Å².